The van der Waals surface area contributed by atoms with Gasteiger partial charge in [-0.1, -0.05) is 25.2 Å². The Morgan fingerprint density at radius 1 is 1.78 bits per heavy atom. The van der Waals surface area contributed by atoms with E-state index in [1.165, 1.54) is 0 Å². The first-order chi connectivity index (χ1) is 4.31. The zero-order valence-electron chi connectivity index (χ0n) is 5.72. The maximum absolute atomic E-state index is 5.00. The van der Waals surface area contributed by atoms with Gasteiger partial charge in [-0.25, -0.2) is 0 Å². The lowest BCUT2D eigenvalue weighted by molar-refractivity contribution is 1.26. The summed E-state index contributed by atoms with van der Waals surface area (Å²) < 4.78 is 1.11. The molecule has 0 atom stereocenters. The lowest BCUT2D eigenvalue weighted by Gasteiger charge is -1.95. The minimum absolute atomic E-state index is 1.01. The van der Waals surface area contributed by atoms with E-state index in [1.54, 1.807) is 11.8 Å². The fourth-order valence-corrected chi connectivity index (χ4v) is 1.32. The van der Waals surface area contributed by atoms with E-state index in [2.05, 4.69) is 13.5 Å². The van der Waals surface area contributed by atoms with Gasteiger partial charge in [0.2, 0.25) is 0 Å². The van der Waals surface area contributed by atoms with Crippen LogP contribution in [0.1, 0.15) is 19.8 Å². The monoisotopic (exact) mass is 160 g/mol. The standard InChI is InChI=1S/C7H12S2/c1-3-5-6-9-7(8)4-2/h3H,1,4-6H2,2H3. The molecule has 0 amide bonds. The van der Waals surface area contributed by atoms with E-state index in [4.69, 9.17) is 12.2 Å². The Kier molecular flexibility index (Phi) is 6.43. The first-order valence-corrected chi connectivity index (χ1v) is 4.47. The summed E-state index contributed by atoms with van der Waals surface area (Å²) in [7, 11) is 0. The molecule has 0 fully saturated rings. The van der Waals surface area contributed by atoms with Crippen molar-refractivity contribution >= 4 is 28.2 Å². The lowest BCUT2D eigenvalue weighted by Crippen LogP contribution is -1.85. The molecule has 52 valence electrons. The molecular formula is C7H12S2. The van der Waals surface area contributed by atoms with Gasteiger partial charge in [-0.15, -0.1) is 18.3 Å². The zero-order valence-corrected chi connectivity index (χ0v) is 7.36. The molecule has 0 aliphatic rings. The maximum Gasteiger partial charge on any atom is 0.0475 e. The predicted octanol–water partition coefficient (Wildman–Crippen LogP) is 3.03. The highest BCUT2D eigenvalue weighted by Crippen LogP contribution is 2.08. The van der Waals surface area contributed by atoms with Gasteiger partial charge in [0.15, 0.2) is 0 Å². The first kappa shape index (κ1) is 9.18. The summed E-state index contributed by atoms with van der Waals surface area (Å²) in [4.78, 5) is 0. The number of rotatable bonds is 4. The van der Waals surface area contributed by atoms with Crippen LogP contribution in [0.25, 0.3) is 0 Å². The Bertz CT molecular complexity index is 97.1. The van der Waals surface area contributed by atoms with E-state index in [0.717, 1.165) is 22.8 Å². The molecule has 0 unspecified atom stereocenters. The molecule has 0 aromatic carbocycles. The Hall–Kier alpha value is 0.180. The van der Waals surface area contributed by atoms with Crippen LogP contribution in [0, 0.1) is 0 Å². The smallest absolute Gasteiger partial charge is 0.0475 e. The number of thiocarbonyl (C=S) groups is 1. The van der Waals surface area contributed by atoms with Crippen molar-refractivity contribution in [2.75, 3.05) is 5.75 Å². The number of hydrogen-bond donors (Lipinski definition) is 0. The van der Waals surface area contributed by atoms with E-state index >= 15 is 0 Å². The van der Waals surface area contributed by atoms with Crippen molar-refractivity contribution in [3.8, 4) is 0 Å². The van der Waals surface area contributed by atoms with Crippen LogP contribution in [0.15, 0.2) is 12.7 Å². The van der Waals surface area contributed by atoms with E-state index in [1.807, 2.05) is 6.08 Å². The van der Waals surface area contributed by atoms with Crippen LogP contribution in [0.4, 0.5) is 0 Å². The van der Waals surface area contributed by atoms with Crippen molar-refractivity contribution < 1.29 is 0 Å². The fourth-order valence-electron chi connectivity index (χ4n) is 0.358. The summed E-state index contributed by atoms with van der Waals surface area (Å²) in [5.41, 5.74) is 0. The lowest BCUT2D eigenvalue weighted by atomic mass is 10.5. The largest absolute Gasteiger partial charge is 0.119 e. The van der Waals surface area contributed by atoms with Crippen molar-refractivity contribution in [3.05, 3.63) is 12.7 Å². The molecular weight excluding hydrogens is 148 g/mol. The molecule has 0 aromatic rings. The highest BCUT2D eigenvalue weighted by molar-refractivity contribution is 8.23. The van der Waals surface area contributed by atoms with Crippen molar-refractivity contribution in [2.24, 2.45) is 0 Å². The summed E-state index contributed by atoms with van der Waals surface area (Å²) in [6.07, 6.45) is 3.99. The summed E-state index contributed by atoms with van der Waals surface area (Å²) in [6, 6.07) is 0. The second kappa shape index (κ2) is 6.30. The zero-order chi connectivity index (χ0) is 7.11. The van der Waals surface area contributed by atoms with Gasteiger partial charge >= 0.3 is 0 Å². The third kappa shape index (κ3) is 6.06. The first-order valence-electron chi connectivity index (χ1n) is 3.07. The van der Waals surface area contributed by atoms with Crippen LogP contribution in [-0.2, 0) is 0 Å². The van der Waals surface area contributed by atoms with Crippen LogP contribution in [0.2, 0.25) is 0 Å². The van der Waals surface area contributed by atoms with Gasteiger partial charge in [-0.3, -0.25) is 0 Å². The highest BCUT2D eigenvalue weighted by Gasteiger charge is 1.90. The topological polar surface area (TPSA) is 0 Å². The number of hydrogen-bond acceptors (Lipinski definition) is 2. The van der Waals surface area contributed by atoms with Gasteiger partial charge in [-0.05, 0) is 12.8 Å². The second-order valence-electron chi connectivity index (χ2n) is 1.65. The SMILES string of the molecule is C=CCCSC(=S)CC. The number of allylic oxidation sites excluding steroid dienone is 1. The van der Waals surface area contributed by atoms with Crippen LogP contribution in [-0.4, -0.2) is 9.95 Å². The van der Waals surface area contributed by atoms with Gasteiger partial charge in [-0.2, -0.15) is 0 Å². The third-order valence-electron chi connectivity index (χ3n) is 0.874. The van der Waals surface area contributed by atoms with E-state index < -0.39 is 0 Å². The Balaban J connectivity index is 3.06. The van der Waals surface area contributed by atoms with E-state index in [9.17, 15) is 0 Å². The Labute approximate surface area is 66.7 Å². The third-order valence-corrected chi connectivity index (χ3v) is 2.57. The highest BCUT2D eigenvalue weighted by atomic mass is 32.2. The molecule has 9 heavy (non-hydrogen) atoms. The van der Waals surface area contributed by atoms with Gasteiger partial charge in [0.1, 0.15) is 0 Å². The van der Waals surface area contributed by atoms with Gasteiger partial charge < -0.3 is 0 Å². The van der Waals surface area contributed by atoms with Crippen molar-refractivity contribution in [3.63, 3.8) is 0 Å². The van der Waals surface area contributed by atoms with Crippen LogP contribution < -0.4 is 0 Å². The van der Waals surface area contributed by atoms with E-state index in [-0.39, 0.29) is 0 Å². The molecule has 0 saturated heterocycles. The number of thioether (sulfide) groups is 1. The summed E-state index contributed by atoms with van der Waals surface area (Å²) in [5, 5.41) is 0. The average Bonchev–Trinajstić information content (AvgIpc) is 1.89. The Morgan fingerprint density at radius 3 is 2.89 bits per heavy atom. The molecule has 0 N–H and O–H groups in total. The maximum atomic E-state index is 5.00. The minimum Gasteiger partial charge on any atom is -0.119 e. The normalized spacial score (nSPS) is 9.00. The average molecular weight is 160 g/mol. The van der Waals surface area contributed by atoms with E-state index in [0.29, 0.717) is 0 Å². The van der Waals surface area contributed by atoms with Crippen LogP contribution in [0.3, 0.4) is 0 Å². The molecule has 0 nitrogen and oxygen atoms in total. The predicted molar refractivity (Wildman–Crippen MR) is 50.2 cm³/mol. The summed E-state index contributed by atoms with van der Waals surface area (Å²) in [6.45, 7) is 5.71. The molecule has 0 saturated carbocycles. The molecule has 0 heterocycles. The summed E-state index contributed by atoms with van der Waals surface area (Å²) in [5.74, 6) is 1.09. The second-order valence-corrected chi connectivity index (χ2v) is 3.59. The molecule has 0 aromatic heterocycles. The molecule has 2 heteroatoms. The van der Waals surface area contributed by atoms with Crippen molar-refractivity contribution in [2.45, 2.75) is 19.8 Å². The molecule has 0 aliphatic carbocycles. The fraction of sp³-hybridized carbons (Fsp3) is 0.571. The Morgan fingerprint density at radius 2 is 2.44 bits per heavy atom. The van der Waals surface area contributed by atoms with Gasteiger partial charge in [0.05, 0.1) is 0 Å². The quantitative estimate of drug-likeness (QED) is 0.352. The van der Waals surface area contributed by atoms with Gasteiger partial charge in [0.25, 0.3) is 0 Å². The van der Waals surface area contributed by atoms with Crippen molar-refractivity contribution in [1.82, 2.24) is 0 Å². The van der Waals surface area contributed by atoms with Crippen molar-refractivity contribution in [1.29, 1.82) is 0 Å². The van der Waals surface area contributed by atoms with Crippen LogP contribution in [0.5, 0.6) is 0 Å². The van der Waals surface area contributed by atoms with Gasteiger partial charge in [0, 0.05) is 9.95 Å². The molecule has 0 rings (SSSR count). The molecule has 0 bridgehead atoms. The molecule has 0 radical (unpaired) electrons. The molecule has 0 aliphatic heterocycles. The van der Waals surface area contributed by atoms with Crippen LogP contribution >= 0.6 is 24.0 Å². The summed E-state index contributed by atoms with van der Waals surface area (Å²) >= 11 is 6.76. The molecule has 0 spiro atoms. The minimum atomic E-state index is 1.01.